The van der Waals surface area contributed by atoms with Crippen molar-refractivity contribution in [2.24, 2.45) is 5.92 Å². The number of benzene rings is 1. The Bertz CT molecular complexity index is 384. The molecule has 0 aliphatic carbocycles. The molecule has 1 aromatic carbocycles. The molecule has 0 saturated carbocycles. The van der Waals surface area contributed by atoms with Gasteiger partial charge in [0.2, 0.25) is 0 Å². The second-order valence-corrected chi connectivity index (χ2v) is 6.00. The van der Waals surface area contributed by atoms with E-state index in [4.69, 9.17) is 0 Å². The van der Waals surface area contributed by atoms with Crippen LogP contribution < -0.4 is 10.2 Å². The molecule has 1 fully saturated rings. The Morgan fingerprint density at radius 3 is 2.67 bits per heavy atom. The first-order chi connectivity index (χ1) is 8.58. The van der Waals surface area contributed by atoms with E-state index in [9.17, 15) is 0 Å². The van der Waals surface area contributed by atoms with Crippen LogP contribution in [0.2, 0.25) is 0 Å². The second kappa shape index (κ2) is 5.75. The Kier molecular flexibility index (Phi) is 4.28. The van der Waals surface area contributed by atoms with Crippen molar-refractivity contribution in [3.05, 3.63) is 29.8 Å². The van der Waals surface area contributed by atoms with Crippen molar-refractivity contribution < 1.29 is 0 Å². The standard InChI is InChI=1S/C16H26N2/c1-12(2)14-6-5-7-15(10-14)18-9-8-17-16(11-18)13(3)4/h5-7,10,12-13,16-17H,8-9,11H2,1-4H3. The van der Waals surface area contributed by atoms with Crippen LogP contribution in [0, 0.1) is 5.92 Å². The van der Waals surface area contributed by atoms with Crippen molar-refractivity contribution in [2.45, 2.75) is 39.7 Å². The molecule has 2 heteroatoms. The minimum absolute atomic E-state index is 0.605. The lowest BCUT2D eigenvalue weighted by Crippen LogP contribution is -2.53. The third-order valence-corrected chi connectivity index (χ3v) is 3.91. The van der Waals surface area contributed by atoms with Gasteiger partial charge in [-0.1, -0.05) is 39.8 Å². The van der Waals surface area contributed by atoms with Gasteiger partial charge in [0.15, 0.2) is 0 Å². The third-order valence-electron chi connectivity index (χ3n) is 3.91. The number of rotatable bonds is 3. The molecule has 2 rings (SSSR count). The molecule has 1 aromatic rings. The number of nitrogens with zero attached hydrogens (tertiary/aromatic N) is 1. The van der Waals surface area contributed by atoms with Crippen LogP contribution in [0.1, 0.15) is 39.2 Å². The maximum absolute atomic E-state index is 3.61. The normalized spacial score (nSPS) is 20.8. The van der Waals surface area contributed by atoms with Gasteiger partial charge < -0.3 is 10.2 Å². The summed E-state index contributed by atoms with van der Waals surface area (Å²) in [7, 11) is 0. The average Bonchev–Trinajstić information content (AvgIpc) is 2.39. The van der Waals surface area contributed by atoms with Crippen molar-refractivity contribution in [1.29, 1.82) is 0 Å². The highest BCUT2D eigenvalue weighted by Gasteiger charge is 2.21. The van der Waals surface area contributed by atoms with E-state index < -0.39 is 0 Å². The molecule has 100 valence electrons. The van der Waals surface area contributed by atoms with E-state index >= 15 is 0 Å². The van der Waals surface area contributed by atoms with Gasteiger partial charge in [0, 0.05) is 31.4 Å². The molecule has 0 radical (unpaired) electrons. The number of hydrogen-bond acceptors (Lipinski definition) is 2. The SMILES string of the molecule is CC(C)c1cccc(N2CCNC(C(C)C)C2)c1. The van der Waals surface area contributed by atoms with Crippen LogP contribution in [0.15, 0.2) is 24.3 Å². The second-order valence-electron chi connectivity index (χ2n) is 6.00. The van der Waals surface area contributed by atoms with E-state index in [0.29, 0.717) is 17.9 Å². The Balaban J connectivity index is 2.13. The van der Waals surface area contributed by atoms with Crippen LogP contribution in [0.4, 0.5) is 5.69 Å². The third kappa shape index (κ3) is 3.05. The first kappa shape index (κ1) is 13.4. The molecule has 0 bridgehead atoms. The monoisotopic (exact) mass is 246 g/mol. The summed E-state index contributed by atoms with van der Waals surface area (Å²) in [6.07, 6.45) is 0. The molecular formula is C16H26N2. The van der Waals surface area contributed by atoms with Crippen LogP contribution in [-0.2, 0) is 0 Å². The van der Waals surface area contributed by atoms with Gasteiger partial charge in [0.1, 0.15) is 0 Å². The maximum Gasteiger partial charge on any atom is 0.0370 e. The van der Waals surface area contributed by atoms with Gasteiger partial charge in [-0.05, 0) is 29.5 Å². The summed E-state index contributed by atoms with van der Waals surface area (Å²) in [4.78, 5) is 2.52. The van der Waals surface area contributed by atoms with Crippen molar-refractivity contribution in [3.63, 3.8) is 0 Å². The number of nitrogens with one attached hydrogen (secondary N) is 1. The molecule has 1 aliphatic rings. The molecule has 0 aromatic heterocycles. The highest BCUT2D eigenvalue weighted by molar-refractivity contribution is 5.50. The quantitative estimate of drug-likeness (QED) is 0.881. The van der Waals surface area contributed by atoms with Gasteiger partial charge in [-0.15, -0.1) is 0 Å². The molecule has 1 saturated heterocycles. The van der Waals surface area contributed by atoms with Crippen molar-refractivity contribution in [1.82, 2.24) is 5.32 Å². The van der Waals surface area contributed by atoms with Gasteiger partial charge >= 0.3 is 0 Å². The fourth-order valence-corrected chi connectivity index (χ4v) is 2.54. The molecule has 1 atom stereocenters. The predicted octanol–water partition coefficient (Wildman–Crippen LogP) is 3.24. The lowest BCUT2D eigenvalue weighted by molar-refractivity contribution is 0.368. The number of hydrogen-bond donors (Lipinski definition) is 1. The van der Waals surface area contributed by atoms with Crippen LogP contribution in [0.3, 0.4) is 0 Å². The molecule has 0 spiro atoms. The molecule has 1 unspecified atom stereocenters. The summed E-state index contributed by atoms with van der Waals surface area (Å²) in [6.45, 7) is 12.4. The minimum atomic E-state index is 0.605. The summed E-state index contributed by atoms with van der Waals surface area (Å²) >= 11 is 0. The summed E-state index contributed by atoms with van der Waals surface area (Å²) in [6, 6.07) is 9.64. The van der Waals surface area contributed by atoms with Crippen LogP contribution in [0.5, 0.6) is 0 Å². The highest BCUT2D eigenvalue weighted by Crippen LogP contribution is 2.23. The van der Waals surface area contributed by atoms with E-state index in [0.717, 1.165) is 19.6 Å². The van der Waals surface area contributed by atoms with Crippen molar-refractivity contribution >= 4 is 5.69 Å². The van der Waals surface area contributed by atoms with Gasteiger partial charge in [0.25, 0.3) is 0 Å². The Morgan fingerprint density at radius 1 is 1.22 bits per heavy atom. The van der Waals surface area contributed by atoms with Gasteiger partial charge in [-0.2, -0.15) is 0 Å². The van der Waals surface area contributed by atoms with Gasteiger partial charge in [-0.3, -0.25) is 0 Å². The first-order valence-electron chi connectivity index (χ1n) is 7.16. The molecule has 2 nitrogen and oxygen atoms in total. The summed E-state index contributed by atoms with van der Waals surface area (Å²) in [5.41, 5.74) is 2.82. The van der Waals surface area contributed by atoms with Crippen LogP contribution in [0.25, 0.3) is 0 Å². The molecule has 18 heavy (non-hydrogen) atoms. The topological polar surface area (TPSA) is 15.3 Å². The smallest absolute Gasteiger partial charge is 0.0370 e. The zero-order valence-corrected chi connectivity index (χ0v) is 12.1. The fraction of sp³-hybridized carbons (Fsp3) is 0.625. The zero-order chi connectivity index (χ0) is 13.1. The summed E-state index contributed by atoms with van der Waals surface area (Å²) in [5, 5.41) is 3.61. The zero-order valence-electron chi connectivity index (χ0n) is 12.1. The minimum Gasteiger partial charge on any atom is -0.369 e. The molecule has 1 N–H and O–H groups in total. The van der Waals surface area contributed by atoms with Gasteiger partial charge in [0.05, 0.1) is 0 Å². The lowest BCUT2D eigenvalue weighted by atomic mass is 10.00. The van der Waals surface area contributed by atoms with Gasteiger partial charge in [-0.25, -0.2) is 0 Å². The van der Waals surface area contributed by atoms with Crippen molar-refractivity contribution in [3.8, 4) is 0 Å². The molecular weight excluding hydrogens is 220 g/mol. The van der Waals surface area contributed by atoms with E-state index in [1.165, 1.54) is 11.3 Å². The van der Waals surface area contributed by atoms with Crippen LogP contribution >= 0.6 is 0 Å². The Hall–Kier alpha value is -1.02. The number of anilines is 1. The molecule has 1 heterocycles. The Morgan fingerprint density at radius 2 is 2.00 bits per heavy atom. The number of piperazine rings is 1. The summed E-state index contributed by atoms with van der Waals surface area (Å²) in [5.74, 6) is 1.30. The first-order valence-corrected chi connectivity index (χ1v) is 7.16. The largest absolute Gasteiger partial charge is 0.369 e. The fourth-order valence-electron chi connectivity index (χ4n) is 2.54. The maximum atomic E-state index is 3.61. The van der Waals surface area contributed by atoms with Crippen LogP contribution in [-0.4, -0.2) is 25.7 Å². The Labute approximate surface area is 111 Å². The predicted molar refractivity (Wildman–Crippen MR) is 79.4 cm³/mol. The van der Waals surface area contributed by atoms with E-state index in [1.807, 2.05) is 0 Å². The summed E-state index contributed by atoms with van der Waals surface area (Å²) < 4.78 is 0. The van der Waals surface area contributed by atoms with Crippen molar-refractivity contribution in [2.75, 3.05) is 24.5 Å². The molecule has 0 amide bonds. The lowest BCUT2D eigenvalue weighted by Gasteiger charge is -2.37. The van der Waals surface area contributed by atoms with E-state index in [-0.39, 0.29) is 0 Å². The average molecular weight is 246 g/mol. The highest BCUT2D eigenvalue weighted by atomic mass is 15.2. The van der Waals surface area contributed by atoms with E-state index in [1.54, 1.807) is 0 Å². The molecule has 1 aliphatic heterocycles. The van der Waals surface area contributed by atoms with E-state index in [2.05, 4.69) is 62.2 Å².